The Morgan fingerprint density at radius 2 is 1.78 bits per heavy atom. The summed E-state index contributed by atoms with van der Waals surface area (Å²) < 4.78 is 1.89. The lowest BCUT2D eigenvalue weighted by molar-refractivity contribution is -0.117. The molecule has 0 bridgehead atoms. The number of rotatable bonds is 4. The van der Waals surface area contributed by atoms with Gasteiger partial charge in [-0.15, -0.1) is 0 Å². The fourth-order valence-electron chi connectivity index (χ4n) is 3.08. The first-order chi connectivity index (χ1) is 11.0. The maximum absolute atomic E-state index is 12.3. The Labute approximate surface area is 137 Å². The summed E-state index contributed by atoms with van der Waals surface area (Å²) >= 11 is 0. The molecule has 0 atom stereocenters. The normalized spacial score (nSPS) is 15.1. The van der Waals surface area contributed by atoms with E-state index in [1.54, 1.807) is 0 Å². The molecule has 1 aromatic heterocycles. The molecule has 0 saturated carbocycles. The second-order valence-electron chi connectivity index (χ2n) is 6.32. The van der Waals surface area contributed by atoms with Crippen LogP contribution >= 0.6 is 0 Å². The zero-order valence-electron chi connectivity index (χ0n) is 14.1. The zero-order chi connectivity index (χ0) is 16.4. The molecule has 0 unspecified atom stereocenters. The molecule has 0 radical (unpaired) electrons. The lowest BCUT2D eigenvalue weighted by atomic mass is 10.2. The van der Waals surface area contributed by atoms with E-state index in [9.17, 15) is 4.79 Å². The first kappa shape index (κ1) is 15.7. The number of hydrogen-bond donors (Lipinski definition) is 1. The van der Waals surface area contributed by atoms with Gasteiger partial charge >= 0.3 is 0 Å². The highest BCUT2D eigenvalue weighted by atomic mass is 16.2. The van der Waals surface area contributed by atoms with Crippen LogP contribution in [0.5, 0.6) is 0 Å². The number of hydrogen-bond acceptors (Lipinski definition) is 3. The summed E-state index contributed by atoms with van der Waals surface area (Å²) in [7, 11) is 0. The van der Waals surface area contributed by atoms with E-state index < -0.39 is 0 Å². The fourth-order valence-corrected chi connectivity index (χ4v) is 3.08. The van der Waals surface area contributed by atoms with Crippen LogP contribution in [0.2, 0.25) is 0 Å². The van der Waals surface area contributed by atoms with Gasteiger partial charge in [-0.25, -0.2) is 4.68 Å². The number of amides is 1. The lowest BCUT2D eigenvalue weighted by Gasteiger charge is -2.14. The average molecular weight is 312 g/mol. The summed E-state index contributed by atoms with van der Waals surface area (Å²) in [6, 6.07) is 8.23. The molecule has 1 amide bonds. The average Bonchev–Trinajstić information content (AvgIpc) is 3.12. The van der Waals surface area contributed by atoms with E-state index in [2.05, 4.69) is 34.4 Å². The highest BCUT2D eigenvalue weighted by Crippen LogP contribution is 2.23. The number of likely N-dealkylation sites (tertiary alicyclic amines) is 1. The fraction of sp³-hybridized carbons (Fsp3) is 0.444. The minimum atomic E-state index is 0.0431. The van der Waals surface area contributed by atoms with Crippen molar-refractivity contribution >= 4 is 11.6 Å². The molecule has 1 aliphatic rings. The number of aromatic nitrogens is 2. The number of aryl methyl sites for hydroxylation is 2. The smallest absolute Gasteiger partial charge is 0.238 e. The molecular weight excluding hydrogens is 288 g/mol. The number of nitrogens with zero attached hydrogens (tertiary/aromatic N) is 3. The van der Waals surface area contributed by atoms with Crippen LogP contribution in [0.25, 0.3) is 5.69 Å². The summed E-state index contributed by atoms with van der Waals surface area (Å²) in [6.45, 7) is 8.50. The molecule has 1 aromatic carbocycles. The molecule has 0 aliphatic carbocycles. The predicted molar refractivity (Wildman–Crippen MR) is 92.1 cm³/mol. The van der Waals surface area contributed by atoms with Gasteiger partial charge in [0.1, 0.15) is 0 Å². The van der Waals surface area contributed by atoms with Gasteiger partial charge in [0.15, 0.2) is 0 Å². The molecule has 2 heterocycles. The Balaban J connectivity index is 1.77. The first-order valence-corrected chi connectivity index (χ1v) is 8.20. The van der Waals surface area contributed by atoms with Crippen molar-refractivity contribution in [2.24, 2.45) is 0 Å². The van der Waals surface area contributed by atoms with Crippen molar-refractivity contribution in [1.82, 2.24) is 14.7 Å². The minimum absolute atomic E-state index is 0.0431. The lowest BCUT2D eigenvalue weighted by Crippen LogP contribution is -2.31. The third-order valence-electron chi connectivity index (χ3n) is 4.40. The molecule has 1 fully saturated rings. The summed E-state index contributed by atoms with van der Waals surface area (Å²) in [5.41, 5.74) is 4.86. The van der Waals surface area contributed by atoms with Crippen LogP contribution in [0, 0.1) is 20.8 Å². The Morgan fingerprint density at radius 3 is 2.43 bits per heavy atom. The van der Waals surface area contributed by atoms with Crippen LogP contribution in [0.15, 0.2) is 24.3 Å². The molecule has 23 heavy (non-hydrogen) atoms. The third-order valence-corrected chi connectivity index (χ3v) is 4.40. The SMILES string of the molecule is Cc1ccc(-n2nc(C)c(NC(=O)CN3CCCC3)c2C)cc1. The summed E-state index contributed by atoms with van der Waals surface area (Å²) in [6.07, 6.45) is 2.38. The minimum Gasteiger partial charge on any atom is -0.322 e. The standard InChI is InChI=1S/C18H24N4O/c1-13-6-8-16(9-7-13)22-15(3)18(14(2)20-22)19-17(23)12-21-10-4-5-11-21/h6-9H,4-5,10-12H2,1-3H3,(H,19,23). The molecule has 1 aliphatic heterocycles. The van der Waals surface area contributed by atoms with Crippen molar-refractivity contribution in [3.8, 4) is 5.69 Å². The van der Waals surface area contributed by atoms with Crippen LogP contribution in [-0.4, -0.2) is 40.2 Å². The van der Waals surface area contributed by atoms with Gasteiger partial charge in [0, 0.05) is 0 Å². The van der Waals surface area contributed by atoms with Crippen LogP contribution in [-0.2, 0) is 4.79 Å². The zero-order valence-corrected chi connectivity index (χ0v) is 14.1. The molecular formula is C18H24N4O. The van der Waals surface area contributed by atoms with Gasteiger partial charge in [-0.3, -0.25) is 9.69 Å². The number of nitrogens with one attached hydrogen (secondary N) is 1. The van der Waals surface area contributed by atoms with Gasteiger partial charge in [0.2, 0.25) is 5.91 Å². The second-order valence-corrected chi connectivity index (χ2v) is 6.32. The molecule has 5 nitrogen and oxygen atoms in total. The molecule has 5 heteroatoms. The van der Waals surface area contributed by atoms with Crippen molar-refractivity contribution in [3.05, 3.63) is 41.2 Å². The molecule has 1 N–H and O–H groups in total. The Kier molecular flexibility index (Phi) is 4.48. The van der Waals surface area contributed by atoms with Gasteiger partial charge in [-0.2, -0.15) is 5.10 Å². The molecule has 1 saturated heterocycles. The quantitative estimate of drug-likeness (QED) is 0.944. The molecule has 3 rings (SSSR count). The van der Waals surface area contributed by atoms with E-state index >= 15 is 0 Å². The van der Waals surface area contributed by atoms with Gasteiger partial charge in [-0.05, 0) is 58.8 Å². The summed E-state index contributed by atoms with van der Waals surface area (Å²) in [5.74, 6) is 0.0431. The molecule has 0 spiro atoms. The highest BCUT2D eigenvalue weighted by Gasteiger charge is 2.18. The maximum atomic E-state index is 12.3. The Hall–Kier alpha value is -2.14. The van der Waals surface area contributed by atoms with Gasteiger partial charge in [0.05, 0.1) is 29.3 Å². The van der Waals surface area contributed by atoms with E-state index in [-0.39, 0.29) is 5.91 Å². The monoisotopic (exact) mass is 312 g/mol. The Bertz CT molecular complexity index is 697. The van der Waals surface area contributed by atoms with Crippen LogP contribution in [0.4, 0.5) is 5.69 Å². The third kappa shape index (κ3) is 3.45. The Morgan fingerprint density at radius 1 is 1.13 bits per heavy atom. The van der Waals surface area contributed by atoms with E-state index in [0.29, 0.717) is 6.54 Å². The molecule has 2 aromatic rings. The highest BCUT2D eigenvalue weighted by molar-refractivity contribution is 5.93. The predicted octanol–water partition coefficient (Wildman–Crippen LogP) is 2.83. The first-order valence-electron chi connectivity index (χ1n) is 8.20. The topological polar surface area (TPSA) is 50.2 Å². The van der Waals surface area contributed by atoms with Gasteiger partial charge in [0.25, 0.3) is 0 Å². The summed E-state index contributed by atoms with van der Waals surface area (Å²) in [4.78, 5) is 14.5. The van der Waals surface area contributed by atoms with Gasteiger partial charge in [-0.1, -0.05) is 17.7 Å². The van der Waals surface area contributed by atoms with E-state index in [4.69, 9.17) is 0 Å². The largest absolute Gasteiger partial charge is 0.322 e. The number of carbonyl (C=O) groups is 1. The summed E-state index contributed by atoms with van der Waals surface area (Å²) in [5, 5.41) is 7.63. The van der Waals surface area contributed by atoms with E-state index in [1.807, 2.05) is 30.7 Å². The van der Waals surface area contributed by atoms with Gasteiger partial charge < -0.3 is 5.32 Å². The van der Waals surface area contributed by atoms with Crippen molar-refractivity contribution in [2.45, 2.75) is 33.6 Å². The number of anilines is 1. The molecule has 122 valence electrons. The van der Waals surface area contributed by atoms with Crippen LogP contribution in [0.1, 0.15) is 29.8 Å². The van der Waals surface area contributed by atoms with Crippen molar-refractivity contribution in [1.29, 1.82) is 0 Å². The van der Waals surface area contributed by atoms with E-state index in [0.717, 1.165) is 35.9 Å². The van der Waals surface area contributed by atoms with Crippen LogP contribution < -0.4 is 5.32 Å². The van der Waals surface area contributed by atoms with Crippen molar-refractivity contribution in [3.63, 3.8) is 0 Å². The van der Waals surface area contributed by atoms with Crippen molar-refractivity contribution < 1.29 is 4.79 Å². The van der Waals surface area contributed by atoms with E-state index in [1.165, 1.54) is 18.4 Å². The second kappa shape index (κ2) is 6.54. The van der Waals surface area contributed by atoms with Crippen molar-refractivity contribution in [2.75, 3.05) is 25.0 Å². The number of carbonyl (C=O) groups excluding carboxylic acids is 1. The number of benzene rings is 1. The maximum Gasteiger partial charge on any atom is 0.238 e. The van der Waals surface area contributed by atoms with Crippen LogP contribution in [0.3, 0.4) is 0 Å².